The Balaban J connectivity index is 2.32. The molecule has 1 fully saturated rings. The van der Waals surface area contributed by atoms with Crippen LogP contribution in [-0.4, -0.2) is 48.5 Å². The van der Waals surface area contributed by atoms with E-state index in [1.165, 1.54) is 11.9 Å². The first kappa shape index (κ1) is 17.7. The van der Waals surface area contributed by atoms with Gasteiger partial charge in [-0.05, 0) is 18.9 Å². The summed E-state index contributed by atoms with van der Waals surface area (Å²) in [7, 11) is 1.51. The maximum atomic E-state index is 12.9. The van der Waals surface area contributed by atoms with Gasteiger partial charge < -0.3 is 10.2 Å². The van der Waals surface area contributed by atoms with Gasteiger partial charge in [-0.1, -0.05) is 19.1 Å². The smallest absolute Gasteiger partial charge is 0.257 e. The van der Waals surface area contributed by atoms with Gasteiger partial charge in [-0.15, -0.1) is 0 Å². The lowest BCUT2D eigenvalue weighted by molar-refractivity contribution is -0.136. The number of amides is 3. The highest BCUT2D eigenvalue weighted by Crippen LogP contribution is 2.23. The third-order valence-corrected chi connectivity index (χ3v) is 4.00. The van der Waals surface area contributed by atoms with Gasteiger partial charge >= 0.3 is 0 Å². The van der Waals surface area contributed by atoms with Gasteiger partial charge in [0.15, 0.2) is 6.29 Å². The molecule has 0 saturated carbocycles. The maximum absolute atomic E-state index is 12.9. The zero-order valence-electron chi connectivity index (χ0n) is 13.8. The van der Waals surface area contributed by atoms with Crippen molar-refractivity contribution in [2.75, 3.05) is 18.9 Å². The molecule has 0 radical (unpaired) electrons. The van der Waals surface area contributed by atoms with E-state index in [1.807, 2.05) is 6.92 Å². The zero-order valence-corrected chi connectivity index (χ0v) is 13.8. The molecule has 1 unspecified atom stereocenters. The van der Waals surface area contributed by atoms with E-state index in [0.717, 1.165) is 6.42 Å². The number of likely N-dealkylation sites (N-methyl/N-ethyl adjacent to an activating group) is 1. The van der Waals surface area contributed by atoms with Crippen LogP contribution in [0.2, 0.25) is 0 Å². The molecule has 1 atom stereocenters. The van der Waals surface area contributed by atoms with Crippen molar-refractivity contribution in [3.8, 4) is 0 Å². The first-order valence-electron chi connectivity index (χ1n) is 7.92. The normalized spacial score (nSPS) is 17.2. The molecule has 7 nitrogen and oxygen atoms in total. The van der Waals surface area contributed by atoms with E-state index in [9.17, 15) is 19.2 Å². The third-order valence-electron chi connectivity index (χ3n) is 4.00. The zero-order chi connectivity index (χ0) is 17.7. The van der Waals surface area contributed by atoms with Crippen LogP contribution >= 0.6 is 0 Å². The van der Waals surface area contributed by atoms with Crippen LogP contribution in [0.1, 0.15) is 46.9 Å². The number of rotatable bonds is 6. The van der Waals surface area contributed by atoms with E-state index in [-0.39, 0.29) is 29.9 Å². The minimum atomic E-state index is -0.728. The van der Waals surface area contributed by atoms with E-state index in [0.29, 0.717) is 18.5 Å². The molecule has 1 saturated heterocycles. The van der Waals surface area contributed by atoms with Crippen LogP contribution in [0.3, 0.4) is 0 Å². The number of hydrogen-bond acceptors (Lipinski definition) is 5. The van der Waals surface area contributed by atoms with Gasteiger partial charge in [-0.2, -0.15) is 0 Å². The van der Waals surface area contributed by atoms with Gasteiger partial charge in [0, 0.05) is 31.3 Å². The van der Waals surface area contributed by atoms with E-state index < -0.39 is 17.9 Å². The average Bonchev–Trinajstić information content (AvgIpc) is 2.58. The molecule has 1 aromatic rings. The fourth-order valence-electron chi connectivity index (χ4n) is 2.68. The Morgan fingerprint density at radius 1 is 1.42 bits per heavy atom. The van der Waals surface area contributed by atoms with Crippen LogP contribution in [0.4, 0.5) is 5.69 Å². The SMILES string of the molecule is CCCNc1cccc(C=O)c1C(=O)N(C)C1CCC(=O)NC1=O. The number of benzene rings is 1. The fraction of sp³-hybridized carbons (Fsp3) is 0.412. The van der Waals surface area contributed by atoms with Crippen molar-refractivity contribution in [1.82, 2.24) is 10.2 Å². The summed E-state index contributed by atoms with van der Waals surface area (Å²) >= 11 is 0. The third kappa shape index (κ3) is 3.61. The van der Waals surface area contributed by atoms with E-state index in [2.05, 4.69) is 10.6 Å². The minimum Gasteiger partial charge on any atom is -0.384 e. The number of nitrogens with one attached hydrogen (secondary N) is 2. The predicted octanol–water partition coefficient (Wildman–Crippen LogP) is 1.20. The summed E-state index contributed by atoms with van der Waals surface area (Å²) in [6.45, 7) is 2.65. The second kappa shape index (κ2) is 7.72. The number of carbonyl (C=O) groups is 4. The standard InChI is InChI=1S/C17H21N3O4/c1-3-9-18-12-6-4-5-11(10-21)15(12)17(24)20(2)13-7-8-14(22)19-16(13)23/h4-6,10,13,18H,3,7-9H2,1-2H3,(H,19,22,23). The summed E-state index contributed by atoms with van der Waals surface area (Å²) in [5.74, 6) is -1.25. The van der Waals surface area contributed by atoms with Crippen LogP contribution in [0.25, 0.3) is 0 Å². The fourth-order valence-corrected chi connectivity index (χ4v) is 2.68. The van der Waals surface area contributed by atoms with Gasteiger partial charge in [0.25, 0.3) is 5.91 Å². The molecule has 0 bridgehead atoms. The van der Waals surface area contributed by atoms with Gasteiger partial charge in [0.1, 0.15) is 6.04 Å². The minimum absolute atomic E-state index is 0.185. The summed E-state index contributed by atoms with van der Waals surface area (Å²) in [6.07, 6.45) is 1.95. The number of aldehydes is 1. The topological polar surface area (TPSA) is 95.6 Å². The Morgan fingerprint density at radius 3 is 2.79 bits per heavy atom. The lowest BCUT2D eigenvalue weighted by Crippen LogP contribution is -2.53. The van der Waals surface area contributed by atoms with Crippen molar-refractivity contribution >= 4 is 29.7 Å². The van der Waals surface area contributed by atoms with Crippen molar-refractivity contribution < 1.29 is 19.2 Å². The Bertz CT molecular complexity index is 672. The van der Waals surface area contributed by atoms with Gasteiger partial charge in [-0.25, -0.2) is 0 Å². The number of anilines is 1. The van der Waals surface area contributed by atoms with E-state index in [4.69, 9.17) is 0 Å². The molecule has 1 heterocycles. The highest BCUT2D eigenvalue weighted by atomic mass is 16.2. The molecule has 1 aliphatic heterocycles. The first-order valence-corrected chi connectivity index (χ1v) is 7.92. The molecular formula is C17H21N3O4. The molecule has 128 valence electrons. The van der Waals surface area contributed by atoms with E-state index in [1.54, 1.807) is 18.2 Å². The summed E-state index contributed by atoms with van der Waals surface area (Å²) in [5.41, 5.74) is 1.07. The summed E-state index contributed by atoms with van der Waals surface area (Å²) < 4.78 is 0. The lowest BCUT2D eigenvalue weighted by Gasteiger charge is -2.30. The van der Waals surface area contributed by atoms with Crippen LogP contribution in [0.15, 0.2) is 18.2 Å². The number of hydrogen-bond donors (Lipinski definition) is 2. The molecule has 1 aliphatic rings. The summed E-state index contributed by atoms with van der Waals surface area (Å²) in [4.78, 5) is 48.8. The van der Waals surface area contributed by atoms with Crippen LogP contribution < -0.4 is 10.6 Å². The van der Waals surface area contributed by atoms with Crippen LogP contribution in [0, 0.1) is 0 Å². The molecule has 1 aromatic carbocycles. The maximum Gasteiger partial charge on any atom is 0.257 e. The Morgan fingerprint density at radius 2 is 2.17 bits per heavy atom. The largest absolute Gasteiger partial charge is 0.384 e. The molecule has 2 N–H and O–H groups in total. The Hall–Kier alpha value is -2.70. The van der Waals surface area contributed by atoms with Crippen molar-refractivity contribution in [3.63, 3.8) is 0 Å². The molecule has 2 rings (SSSR count). The van der Waals surface area contributed by atoms with Crippen molar-refractivity contribution in [3.05, 3.63) is 29.3 Å². The number of imide groups is 1. The van der Waals surface area contributed by atoms with Crippen LogP contribution in [-0.2, 0) is 9.59 Å². The summed E-state index contributed by atoms with van der Waals surface area (Å²) in [6, 6.07) is 4.27. The molecule has 7 heteroatoms. The molecular weight excluding hydrogens is 310 g/mol. The number of piperidine rings is 1. The Kier molecular flexibility index (Phi) is 5.68. The molecule has 3 amide bonds. The molecule has 0 aromatic heterocycles. The highest BCUT2D eigenvalue weighted by Gasteiger charge is 2.33. The second-order valence-corrected chi connectivity index (χ2v) is 5.70. The first-order chi connectivity index (χ1) is 11.5. The molecule has 24 heavy (non-hydrogen) atoms. The van der Waals surface area contributed by atoms with Gasteiger partial charge in [0.05, 0.1) is 5.56 Å². The van der Waals surface area contributed by atoms with Crippen molar-refractivity contribution in [2.24, 2.45) is 0 Å². The monoisotopic (exact) mass is 331 g/mol. The average molecular weight is 331 g/mol. The van der Waals surface area contributed by atoms with E-state index >= 15 is 0 Å². The Labute approximate surface area is 140 Å². The number of carbonyl (C=O) groups excluding carboxylic acids is 4. The number of nitrogens with zero attached hydrogens (tertiary/aromatic N) is 1. The molecule has 0 aliphatic carbocycles. The van der Waals surface area contributed by atoms with Gasteiger partial charge in [-0.3, -0.25) is 24.5 Å². The highest BCUT2D eigenvalue weighted by molar-refractivity contribution is 6.08. The predicted molar refractivity (Wildman–Crippen MR) is 88.9 cm³/mol. The quantitative estimate of drug-likeness (QED) is 0.603. The second-order valence-electron chi connectivity index (χ2n) is 5.70. The van der Waals surface area contributed by atoms with Crippen molar-refractivity contribution in [1.29, 1.82) is 0 Å². The molecule has 0 spiro atoms. The van der Waals surface area contributed by atoms with Crippen molar-refractivity contribution in [2.45, 2.75) is 32.2 Å². The van der Waals surface area contributed by atoms with Gasteiger partial charge in [0.2, 0.25) is 11.8 Å². The van der Waals surface area contributed by atoms with Crippen LogP contribution in [0.5, 0.6) is 0 Å². The summed E-state index contributed by atoms with van der Waals surface area (Å²) in [5, 5.41) is 5.37. The lowest BCUT2D eigenvalue weighted by atomic mass is 10.0.